The van der Waals surface area contributed by atoms with Gasteiger partial charge in [0.15, 0.2) is 5.76 Å². The maximum atomic E-state index is 12.9. The molecule has 164 valence electrons. The molecule has 1 saturated heterocycles. The molecule has 0 aliphatic carbocycles. The van der Waals surface area contributed by atoms with Gasteiger partial charge in [-0.1, -0.05) is 0 Å². The van der Waals surface area contributed by atoms with Crippen molar-refractivity contribution in [2.45, 2.75) is 30.2 Å². The van der Waals surface area contributed by atoms with Crippen LogP contribution in [0, 0.1) is 5.82 Å². The zero-order valence-corrected chi connectivity index (χ0v) is 18.2. The largest absolute Gasteiger partial charge is 0.486 e. The molecule has 0 saturated carbocycles. The summed E-state index contributed by atoms with van der Waals surface area (Å²) in [5, 5.41) is 2.73. The van der Waals surface area contributed by atoms with Crippen LogP contribution in [0.5, 0.6) is 5.75 Å². The molecular weight excluding hydrogens is 443 g/mol. The lowest BCUT2D eigenvalue weighted by atomic mass is 10.3. The molecule has 1 aliphatic heterocycles. The van der Waals surface area contributed by atoms with Crippen molar-refractivity contribution in [2.24, 2.45) is 0 Å². The number of thiophene rings is 1. The SMILES string of the molecule is O=C(NCc1ccc(S(=O)(=O)N2CCCC2)s1)c1ccc(COc2ccc(F)cc2)o1. The van der Waals surface area contributed by atoms with Gasteiger partial charge in [0.05, 0.1) is 6.54 Å². The second-order valence-corrected chi connectivity index (χ2v) is 10.4. The summed E-state index contributed by atoms with van der Waals surface area (Å²) < 4.78 is 50.9. The van der Waals surface area contributed by atoms with E-state index in [4.69, 9.17) is 9.15 Å². The van der Waals surface area contributed by atoms with Crippen LogP contribution in [0.3, 0.4) is 0 Å². The van der Waals surface area contributed by atoms with E-state index in [1.165, 1.54) is 34.6 Å². The third kappa shape index (κ3) is 5.15. The molecule has 0 bridgehead atoms. The lowest BCUT2D eigenvalue weighted by Crippen LogP contribution is -2.27. The second kappa shape index (κ2) is 9.21. The van der Waals surface area contributed by atoms with Crippen molar-refractivity contribution >= 4 is 27.3 Å². The number of carbonyl (C=O) groups excluding carboxylic acids is 1. The Morgan fingerprint density at radius 1 is 1.10 bits per heavy atom. The van der Waals surface area contributed by atoms with Crippen LogP contribution in [0.1, 0.15) is 34.0 Å². The normalized spacial score (nSPS) is 14.6. The molecule has 0 spiro atoms. The van der Waals surface area contributed by atoms with Gasteiger partial charge in [0.2, 0.25) is 0 Å². The molecule has 0 atom stereocenters. The molecule has 3 aromatic rings. The summed E-state index contributed by atoms with van der Waals surface area (Å²) in [6.45, 7) is 1.40. The lowest BCUT2D eigenvalue weighted by Gasteiger charge is -2.13. The minimum absolute atomic E-state index is 0.0988. The number of halogens is 1. The van der Waals surface area contributed by atoms with Gasteiger partial charge in [-0.3, -0.25) is 4.79 Å². The first kappa shape index (κ1) is 21.5. The van der Waals surface area contributed by atoms with Crippen LogP contribution in [0.4, 0.5) is 4.39 Å². The third-order valence-corrected chi connectivity index (χ3v) is 8.25. The lowest BCUT2D eigenvalue weighted by molar-refractivity contribution is 0.0919. The van der Waals surface area contributed by atoms with Crippen molar-refractivity contribution in [1.29, 1.82) is 0 Å². The zero-order chi connectivity index (χ0) is 21.8. The molecular formula is C21H21FN2O5S2. The molecule has 0 radical (unpaired) electrons. The van der Waals surface area contributed by atoms with E-state index in [0.717, 1.165) is 29.1 Å². The Morgan fingerprint density at radius 2 is 1.84 bits per heavy atom. The molecule has 1 fully saturated rings. The average molecular weight is 465 g/mol. The van der Waals surface area contributed by atoms with E-state index in [-0.39, 0.29) is 28.9 Å². The smallest absolute Gasteiger partial charge is 0.287 e. The van der Waals surface area contributed by atoms with E-state index in [1.807, 2.05) is 0 Å². The molecule has 10 heteroatoms. The molecule has 1 aromatic carbocycles. The summed E-state index contributed by atoms with van der Waals surface area (Å²) in [7, 11) is -3.45. The summed E-state index contributed by atoms with van der Waals surface area (Å²) in [5.41, 5.74) is 0. The fourth-order valence-corrected chi connectivity index (χ4v) is 6.13. The van der Waals surface area contributed by atoms with Crippen LogP contribution in [0.25, 0.3) is 0 Å². The van der Waals surface area contributed by atoms with Crippen LogP contribution >= 0.6 is 11.3 Å². The summed E-state index contributed by atoms with van der Waals surface area (Å²) in [6, 6.07) is 12.1. The van der Waals surface area contributed by atoms with Crippen molar-refractivity contribution in [2.75, 3.05) is 13.1 Å². The Bertz CT molecular complexity index is 1150. The van der Waals surface area contributed by atoms with Gasteiger partial charge in [-0.05, 0) is 61.4 Å². The highest BCUT2D eigenvalue weighted by atomic mass is 32.2. The van der Waals surface area contributed by atoms with Crippen LogP contribution in [0.15, 0.2) is 57.2 Å². The van der Waals surface area contributed by atoms with E-state index in [0.29, 0.717) is 24.6 Å². The number of rotatable bonds is 8. The quantitative estimate of drug-likeness (QED) is 0.548. The number of benzene rings is 1. The maximum Gasteiger partial charge on any atom is 0.287 e. The van der Waals surface area contributed by atoms with Crippen molar-refractivity contribution in [1.82, 2.24) is 9.62 Å². The number of hydrogen-bond donors (Lipinski definition) is 1. The van der Waals surface area contributed by atoms with Gasteiger partial charge in [0.1, 0.15) is 28.1 Å². The third-order valence-electron chi connectivity index (χ3n) is 4.80. The van der Waals surface area contributed by atoms with Crippen molar-refractivity contribution in [3.8, 4) is 5.75 Å². The number of carbonyl (C=O) groups is 1. The monoisotopic (exact) mass is 464 g/mol. The minimum Gasteiger partial charge on any atom is -0.486 e. The predicted octanol–water partition coefficient (Wildman–Crippen LogP) is 3.77. The molecule has 4 rings (SSSR count). The van der Waals surface area contributed by atoms with Crippen molar-refractivity contribution in [3.05, 3.63) is 70.7 Å². The predicted molar refractivity (Wildman–Crippen MR) is 113 cm³/mol. The summed E-state index contributed by atoms with van der Waals surface area (Å²) >= 11 is 1.15. The molecule has 31 heavy (non-hydrogen) atoms. The molecule has 1 N–H and O–H groups in total. The van der Waals surface area contributed by atoms with Gasteiger partial charge < -0.3 is 14.5 Å². The van der Waals surface area contributed by atoms with Crippen LogP contribution in [-0.4, -0.2) is 31.7 Å². The van der Waals surface area contributed by atoms with Crippen LogP contribution in [-0.2, 0) is 23.2 Å². The number of amides is 1. The minimum atomic E-state index is -3.45. The van der Waals surface area contributed by atoms with Gasteiger partial charge in [0.25, 0.3) is 15.9 Å². The van der Waals surface area contributed by atoms with E-state index in [9.17, 15) is 17.6 Å². The molecule has 3 heterocycles. The molecule has 2 aromatic heterocycles. The standard InChI is InChI=1S/C21H21FN2O5S2/c22-15-3-5-16(6-4-15)28-14-17-7-9-19(29-17)21(25)23-13-18-8-10-20(30-18)31(26,27)24-11-1-2-12-24/h3-10H,1-2,11-14H2,(H,23,25). The topological polar surface area (TPSA) is 88.9 Å². The molecule has 1 aliphatic rings. The van der Waals surface area contributed by atoms with E-state index < -0.39 is 15.9 Å². The highest BCUT2D eigenvalue weighted by molar-refractivity contribution is 7.91. The highest BCUT2D eigenvalue weighted by Gasteiger charge is 2.28. The number of furan rings is 1. The van der Waals surface area contributed by atoms with E-state index in [1.54, 1.807) is 18.2 Å². The average Bonchev–Trinajstić information content (AvgIpc) is 3.53. The number of sulfonamides is 1. The van der Waals surface area contributed by atoms with Crippen LogP contribution < -0.4 is 10.1 Å². The van der Waals surface area contributed by atoms with Gasteiger partial charge >= 0.3 is 0 Å². The molecule has 1 amide bonds. The summed E-state index contributed by atoms with van der Waals surface area (Å²) in [4.78, 5) is 13.1. The van der Waals surface area contributed by atoms with Gasteiger partial charge in [0, 0.05) is 18.0 Å². The summed E-state index contributed by atoms with van der Waals surface area (Å²) in [6.07, 6.45) is 1.77. The molecule has 0 unspecified atom stereocenters. The second-order valence-electron chi connectivity index (χ2n) is 7.02. The fraction of sp³-hybridized carbons (Fsp3) is 0.286. The first-order valence-corrected chi connectivity index (χ1v) is 12.0. The van der Waals surface area contributed by atoms with Crippen molar-refractivity contribution < 1.29 is 26.8 Å². The summed E-state index contributed by atoms with van der Waals surface area (Å²) in [5.74, 6) is 0.297. The highest BCUT2D eigenvalue weighted by Crippen LogP contribution is 2.27. The Kier molecular flexibility index (Phi) is 6.40. The zero-order valence-electron chi connectivity index (χ0n) is 16.5. The van der Waals surface area contributed by atoms with Gasteiger partial charge in [-0.25, -0.2) is 12.8 Å². The van der Waals surface area contributed by atoms with Gasteiger partial charge in [-0.2, -0.15) is 4.31 Å². The Morgan fingerprint density at radius 3 is 2.58 bits per heavy atom. The fourth-order valence-electron chi connectivity index (χ4n) is 3.16. The number of nitrogens with zero attached hydrogens (tertiary/aromatic N) is 1. The Hall–Kier alpha value is -2.69. The number of ether oxygens (including phenoxy) is 1. The number of nitrogens with one attached hydrogen (secondary N) is 1. The first-order chi connectivity index (χ1) is 14.9. The molecule has 7 nitrogen and oxygen atoms in total. The van der Waals surface area contributed by atoms with Crippen molar-refractivity contribution in [3.63, 3.8) is 0 Å². The Balaban J connectivity index is 1.30. The van der Waals surface area contributed by atoms with Gasteiger partial charge in [-0.15, -0.1) is 11.3 Å². The Labute approximate surface area is 183 Å². The van der Waals surface area contributed by atoms with E-state index in [2.05, 4.69) is 5.32 Å². The van der Waals surface area contributed by atoms with E-state index >= 15 is 0 Å². The van der Waals surface area contributed by atoms with Crippen LogP contribution in [0.2, 0.25) is 0 Å². The first-order valence-electron chi connectivity index (χ1n) is 9.76. The number of hydrogen-bond acceptors (Lipinski definition) is 6. The maximum absolute atomic E-state index is 12.9.